The SMILES string of the molecule is CCc1oncc1C(=O)N[C@@H](C)c1ccccc1NS(C)(=O)=O. The van der Waals surface area contributed by atoms with Crippen LogP contribution in [0.4, 0.5) is 5.69 Å². The number of sulfonamides is 1. The van der Waals surface area contributed by atoms with Gasteiger partial charge in [-0.3, -0.25) is 9.52 Å². The van der Waals surface area contributed by atoms with E-state index in [1.807, 2.05) is 6.92 Å². The summed E-state index contributed by atoms with van der Waals surface area (Å²) < 4.78 is 30.4. The van der Waals surface area contributed by atoms with Crippen LogP contribution in [0.2, 0.25) is 0 Å². The molecule has 0 radical (unpaired) electrons. The second kappa shape index (κ2) is 6.82. The summed E-state index contributed by atoms with van der Waals surface area (Å²) in [5.41, 5.74) is 1.48. The number of para-hydroxylation sites is 1. The Bertz CT molecular complexity index is 799. The van der Waals surface area contributed by atoms with Crippen LogP contribution >= 0.6 is 0 Å². The van der Waals surface area contributed by atoms with Gasteiger partial charge >= 0.3 is 0 Å². The van der Waals surface area contributed by atoms with Crippen molar-refractivity contribution < 1.29 is 17.7 Å². The second-order valence-electron chi connectivity index (χ2n) is 5.17. The third-order valence-corrected chi connectivity index (χ3v) is 3.87. The quantitative estimate of drug-likeness (QED) is 0.840. The lowest BCUT2D eigenvalue weighted by Gasteiger charge is -2.18. The smallest absolute Gasteiger partial charge is 0.256 e. The maximum atomic E-state index is 12.3. The zero-order valence-electron chi connectivity index (χ0n) is 13.2. The molecule has 2 rings (SSSR count). The summed E-state index contributed by atoms with van der Waals surface area (Å²) in [6.07, 6.45) is 3.02. The van der Waals surface area contributed by atoms with Gasteiger partial charge in [0.15, 0.2) is 0 Å². The molecule has 1 atom stereocenters. The molecule has 0 unspecified atom stereocenters. The average molecular weight is 337 g/mol. The van der Waals surface area contributed by atoms with Crippen LogP contribution < -0.4 is 10.0 Å². The predicted molar refractivity (Wildman–Crippen MR) is 86.7 cm³/mol. The number of anilines is 1. The van der Waals surface area contributed by atoms with Crippen LogP contribution in [0.5, 0.6) is 0 Å². The van der Waals surface area contributed by atoms with Gasteiger partial charge < -0.3 is 9.84 Å². The molecule has 0 saturated heterocycles. The number of benzene rings is 1. The minimum atomic E-state index is -3.40. The molecule has 0 fully saturated rings. The topological polar surface area (TPSA) is 101 Å². The number of nitrogens with one attached hydrogen (secondary N) is 2. The first-order chi connectivity index (χ1) is 10.8. The van der Waals surface area contributed by atoms with Crippen molar-refractivity contribution in [2.24, 2.45) is 0 Å². The van der Waals surface area contributed by atoms with E-state index in [4.69, 9.17) is 4.52 Å². The van der Waals surface area contributed by atoms with E-state index >= 15 is 0 Å². The van der Waals surface area contributed by atoms with Crippen molar-refractivity contribution >= 4 is 21.6 Å². The van der Waals surface area contributed by atoms with Crippen LogP contribution in [0.3, 0.4) is 0 Å². The van der Waals surface area contributed by atoms with Crippen molar-refractivity contribution in [2.45, 2.75) is 26.3 Å². The van der Waals surface area contributed by atoms with Gasteiger partial charge in [-0.25, -0.2) is 8.42 Å². The second-order valence-corrected chi connectivity index (χ2v) is 6.92. The molecule has 23 heavy (non-hydrogen) atoms. The molecule has 7 nitrogen and oxygen atoms in total. The van der Waals surface area contributed by atoms with E-state index < -0.39 is 16.1 Å². The summed E-state index contributed by atoms with van der Waals surface area (Å²) in [4.78, 5) is 12.3. The summed E-state index contributed by atoms with van der Waals surface area (Å²) in [6.45, 7) is 3.64. The van der Waals surface area contributed by atoms with E-state index in [9.17, 15) is 13.2 Å². The Morgan fingerprint density at radius 3 is 2.70 bits per heavy atom. The fourth-order valence-electron chi connectivity index (χ4n) is 2.22. The molecular weight excluding hydrogens is 318 g/mol. The Morgan fingerprint density at radius 2 is 2.04 bits per heavy atom. The van der Waals surface area contributed by atoms with Crippen molar-refractivity contribution in [3.05, 3.63) is 47.3 Å². The van der Waals surface area contributed by atoms with Gasteiger partial charge in [-0.05, 0) is 18.6 Å². The highest BCUT2D eigenvalue weighted by atomic mass is 32.2. The molecule has 0 saturated carbocycles. The normalized spacial score (nSPS) is 12.7. The Hall–Kier alpha value is -2.35. The van der Waals surface area contributed by atoms with E-state index in [1.165, 1.54) is 6.20 Å². The molecule has 0 aliphatic heterocycles. The Balaban J connectivity index is 2.21. The Labute approximate surface area is 135 Å². The van der Waals surface area contributed by atoms with E-state index in [0.717, 1.165) is 6.26 Å². The Kier molecular flexibility index (Phi) is 5.05. The fourth-order valence-corrected chi connectivity index (χ4v) is 2.81. The van der Waals surface area contributed by atoms with E-state index in [0.29, 0.717) is 29.0 Å². The third kappa shape index (κ3) is 4.32. The number of aromatic nitrogens is 1. The minimum absolute atomic E-state index is 0.315. The largest absolute Gasteiger partial charge is 0.361 e. The summed E-state index contributed by atoms with van der Waals surface area (Å²) in [5.74, 6) is 0.196. The Morgan fingerprint density at radius 1 is 1.35 bits per heavy atom. The molecule has 0 aliphatic rings. The molecule has 8 heteroatoms. The van der Waals surface area contributed by atoms with Crippen LogP contribution in [0, 0.1) is 0 Å². The van der Waals surface area contributed by atoms with Gasteiger partial charge in [-0.2, -0.15) is 0 Å². The summed E-state index contributed by atoms with van der Waals surface area (Å²) in [6, 6.07) is 6.51. The molecule has 0 bridgehead atoms. The number of hydrogen-bond donors (Lipinski definition) is 2. The van der Waals surface area contributed by atoms with E-state index in [1.54, 1.807) is 31.2 Å². The van der Waals surface area contributed by atoms with Crippen molar-refractivity contribution in [2.75, 3.05) is 11.0 Å². The maximum Gasteiger partial charge on any atom is 0.256 e. The van der Waals surface area contributed by atoms with E-state index in [-0.39, 0.29) is 5.91 Å². The lowest BCUT2D eigenvalue weighted by Crippen LogP contribution is -2.28. The van der Waals surface area contributed by atoms with Gasteiger partial charge in [0, 0.05) is 6.42 Å². The van der Waals surface area contributed by atoms with Gasteiger partial charge in [0.05, 0.1) is 24.2 Å². The first-order valence-electron chi connectivity index (χ1n) is 7.13. The molecule has 2 aromatic rings. The van der Waals surface area contributed by atoms with Crippen molar-refractivity contribution in [1.29, 1.82) is 0 Å². The molecule has 1 aromatic carbocycles. The lowest BCUT2D eigenvalue weighted by atomic mass is 10.1. The number of aryl methyl sites for hydroxylation is 1. The van der Waals surface area contributed by atoms with Gasteiger partial charge in [0.1, 0.15) is 11.3 Å². The molecule has 1 heterocycles. The first kappa shape index (κ1) is 17.0. The minimum Gasteiger partial charge on any atom is -0.361 e. The van der Waals surface area contributed by atoms with Crippen LogP contribution in [0.25, 0.3) is 0 Å². The van der Waals surface area contributed by atoms with E-state index in [2.05, 4.69) is 15.2 Å². The highest BCUT2D eigenvalue weighted by molar-refractivity contribution is 7.92. The number of rotatable bonds is 6. The monoisotopic (exact) mass is 337 g/mol. The molecule has 1 amide bonds. The van der Waals surface area contributed by atoms with Gasteiger partial charge in [-0.1, -0.05) is 30.3 Å². The summed E-state index contributed by atoms with van der Waals surface area (Å²) in [5, 5.41) is 6.46. The van der Waals surface area contributed by atoms with Crippen LogP contribution in [-0.2, 0) is 16.4 Å². The van der Waals surface area contributed by atoms with Gasteiger partial charge in [0.25, 0.3) is 5.91 Å². The van der Waals surface area contributed by atoms with Crippen molar-refractivity contribution in [3.63, 3.8) is 0 Å². The summed E-state index contributed by atoms with van der Waals surface area (Å²) in [7, 11) is -3.40. The van der Waals surface area contributed by atoms with Crippen LogP contribution in [0.15, 0.2) is 35.0 Å². The van der Waals surface area contributed by atoms with Crippen LogP contribution in [-0.4, -0.2) is 25.7 Å². The molecule has 0 spiro atoms. The third-order valence-electron chi connectivity index (χ3n) is 3.28. The first-order valence-corrected chi connectivity index (χ1v) is 9.02. The van der Waals surface area contributed by atoms with Crippen molar-refractivity contribution in [3.8, 4) is 0 Å². The summed E-state index contributed by atoms with van der Waals surface area (Å²) >= 11 is 0. The number of amides is 1. The molecule has 124 valence electrons. The van der Waals surface area contributed by atoms with Gasteiger partial charge in [-0.15, -0.1) is 0 Å². The highest BCUT2D eigenvalue weighted by Gasteiger charge is 2.19. The molecular formula is C15H19N3O4S. The average Bonchev–Trinajstić information content (AvgIpc) is 2.94. The number of nitrogens with zero attached hydrogens (tertiary/aromatic N) is 1. The number of carbonyl (C=O) groups is 1. The molecule has 1 aromatic heterocycles. The molecule has 2 N–H and O–H groups in total. The maximum absolute atomic E-state index is 12.3. The molecule has 0 aliphatic carbocycles. The predicted octanol–water partition coefficient (Wildman–Crippen LogP) is 2.10. The van der Waals surface area contributed by atoms with Crippen LogP contribution in [0.1, 0.15) is 41.6 Å². The highest BCUT2D eigenvalue weighted by Crippen LogP contribution is 2.24. The number of hydrogen-bond acceptors (Lipinski definition) is 5. The standard InChI is InChI=1S/C15H19N3O4S/c1-4-14-12(9-16-22-14)15(19)17-10(2)11-7-5-6-8-13(11)18-23(3,20)21/h5-10,18H,4H2,1-3H3,(H,17,19)/t10-/m0/s1. The van der Waals surface area contributed by atoms with Crippen molar-refractivity contribution in [1.82, 2.24) is 10.5 Å². The zero-order chi connectivity index (χ0) is 17.0. The number of carbonyl (C=O) groups excluding carboxylic acids is 1. The zero-order valence-corrected chi connectivity index (χ0v) is 14.0. The fraction of sp³-hybridized carbons (Fsp3) is 0.333. The van der Waals surface area contributed by atoms with Gasteiger partial charge in [0.2, 0.25) is 10.0 Å². The lowest BCUT2D eigenvalue weighted by molar-refractivity contribution is 0.0938.